The van der Waals surface area contributed by atoms with Crippen molar-refractivity contribution < 1.29 is 27.5 Å². The average Bonchev–Trinajstić information content (AvgIpc) is 3.13. The van der Waals surface area contributed by atoms with E-state index < -0.39 is 38.8 Å². The van der Waals surface area contributed by atoms with Gasteiger partial charge in [-0.25, -0.2) is 13.2 Å². The van der Waals surface area contributed by atoms with Crippen molar-refractivity contribution in [1.29, 1.82) is 0 Å². The van der Waals surface area contributed by atoms with Crippen LogP contribution >= 0.6 is 0 Å². The largest absolute Gasteiger partial charge is 0.475 e. The fourth-order valence-corrected chi connectivity index (χ4v) is 3.81. The molecular weight excluding hydrogens is 312 g/mol. The van der Waals surface area contributed by atoms with Gasteiger partial charge in [0.15, 0.2) is 0 Å². The van der Waals surface area contributed by atoms with Crippen LogP contribution in [0.15, 0.2) is 21.6 Å². The van der Waals surface area contributed by atoms with E-state index in [-0.39, 0.29) is 13.1 Å². The van der Waals surface area contributed by atoms with Crippen molar-refractivity contribution in [2.45, 2.75) is 24.0 Å². The van der Waals surface area contributed by atoms with Gasteiger partial charge in [-0.15, -0.1) is 6.42 Å². The lowest BCUT2D eigenvalue weighted by atomic mass is 10.2. The monoisotopic (exact) mass is 326 g/mol. The lowest BCUT2D eigenvalue weighted by Gasteiger charge is -2.21. The number of nitrogens with zero attached hydrogens (tertiary/aromatic N) is 1. The Bertz CT molecular complexity index is 730. The van der Waals surface area contributed by atoms with Gasteiger partial charge >= 0.3 is 5.97 Å². The van der Waals surface area contributed by atoms with E-state index in [9.17, 15) is 18.0 Å². The summed E-state index contributed by atoms with van der Waals surface area (Å²) < 4.78 is 30.8. The Morgan fingerprint density at radius 1 is 1.50 bits per heavy atom. The fourth-order valence-electron chi connectivity index (χ4n) is 2.24. The van der Waals surface area contributed by atoms with Crippen LogP contribution in [-0.2, 0) is 14.8 Å². The summed E-state index contributed by atoms with van der Waals surface area (Å²) >= 11 is 0. The van der Waals surface area contributed by atoms with Crippen LogP contribution in [0.2, 0.25) is 0 Å². The van der Waals surface area contributed by atoms with E-state index >= 15 is 0 Å². The molecule has 0 radical (unpaired) electrons. The van der Waals surface area contributed by atoms with E-state index in [1.807, 2.05) is 0 Å². The third-order valence-corrected chi connectivity index (χ3v) is 5.01. The molecule has 1 aromatic rings. The molecule has 118 valence electrons. The van der Waals surface area contributed by atoms with Crippen LogP contribution < -0.4 is 5.32 Å². The van der Waals surface area contributed by atoms with Gasteiger partial charge in [0.1, 0.15) is 6.04 Å². The highest BCUT2D eigenvalue weighted by Gasteiger charge is 2.40. The molecule has 1 aromatic heterocycles. The van der Waals surface area contributed by atoms with Crippen LogP contribution in [0.1, 0.15) is 23.4 Å². The first-order valence-corrected chi connectivity index (χ1v) is 7.88. The number of nitrogens with one attached hydrogen (secondary N) is 1. The molecule has 1 unspecified atom stereocenters. The van der Waals surface area contributed by atoms with Crippen molar-refractivity contribution in [2.75, 3.05) is 13.1 Å². The lowest BCUT2D eigenvalue weighted by molar-refractivity contribution is -0.123. The Kier molecular flexibility index (Phi) is 4.54. The minimum atomic E-state index is -4.08. The molecule has 2 rings (SSSR count). The summed E-state index contributed by atoms with van der Waals surface area (Å²) in [6.45, 7) is 0.159. The van der Waals surface area contributed by atoms with Gasteiger partial charge in [0, 0.05) is 6.54 Å². The molecule has 8 nitrogen and oxygen atoms in total. The van der Waals surface area contributed by atoms with E-state index in [0.29, 0.717) is 12.8 Å². The van der Waals surface area contributed by atoms with Crippen LogP contribution in [0, 0.1) is 12.3 Å². The normalized spacial score (nSPS) is 18.8. The van der Waals surface area contributed by atoms with Crippen LogP contribution in [-0.4, -0.2) is 48.8 Å². The molecule has 1 aliphatic heterocycles. The van der Waals surface area contributed by atoms with Gasteiger partial charge in [-0.2, -0.15) is 4.31 Å². The lowest BCUT2D eigenvalue weighted by Crippen LogP contribution is -2.45. The standard InChI is InChI=1S/C13H14N2O6S/c1-2-7-14-12(16)9-4-3-8-15(9)22(19,20)11-6-5-10(21-11)13(17)18/h1,5-6,9H,3-4,7-8H2,(H,14,16)(H,17,18). The summed E-state index contributed by atoms with van der Waals surface area (Å²) in [5, 5.41) is 10.7. The summed E-state index contributed by atoms with van der Waals surface area (Å²) in [5.41, 5.74) is 0. The number of carboxylic acid groups (broad SMARTS) is 1. The number of carbonyl (C=O) groups excluding carboxylic acids is 1. The first-order chi connectivity index (χ1) is 10.4. The quantitative estimate of drug-likeness (QED) is 0.729. The maximum atomic E-state index is 12.5. The van der Waals surface area contributed by atoms with Crippen LogP contribution in [0.3, 0.4) is 0 Å². The number of sulfonamides is 1. The Morgan fingerprint density at radius 2 is 2.23 bits per heavy atom. The zero-order valence-corrected chi connectivity index (χ0v) is 12.3. The number of amides is 1. The highest BCUT2D eigenvalue weighted by molar-refractivity contribution is 7.89. The smallest absolute Gasteiger partial charge is 0.371 e. The summed E-state index contributed by atoms with van der Waals surface area (Å²) in [6.07, 6.45) is 5.93. The highest BCUT2D eigenvalue weighted by atomic mass is 32.2. The number of hydrogen-bond donors (Lipinski definition) is 2. The summed E-state index contributed by atoms with van der Waals surface area (Å²) in [5.74, 6) is -0.0927. The van der Waals surface area contributed by atoms with E-state index in [4.69, 9.17) is 15.9 Å². The fraction of sp³-hybridized carbons (Fsp3) is 0.385. The van der Waals surface area contributed by atoms with Gasteiger partial charge in [0.2, 0.25) is 16.8 Å². The molecule has 2 N–H and O–H groups in total. The predicted octanol–water partition coefficient (Wildman–Crippen LogP) is -0.120. The second kappa shape index (κ2) is 6.21. The average molecular weight is 326 g/mol. The van der Waals surface area contributed by atoms with E-state index in [0.717, 1.165) is 16.4 Å². The number of furan rings is 1. The zero-order chi connectivity index (χ0) is 16.3. The number of rotatable bonds is 5. The van der Waals surface area contributed by atoms with Crippen molar-refractivity contribution in [3.05, 3.63) is 17.9 Å². The predicted molar refractivity (Wildman–Crippen MR) is 74.4 cm³/mol. The van der Waals surface area contributed by atoms with Gasteiger partial charge in [0.05, 0.1) is 6.54 Å². The van der Waals surface area contributed by atoms with Gasteiger partial charge in [-0.3, -0.25) is 4.79 Å². The van der Waals surface area contributed by atoms with Crippen molar-refractivity contribution >= 4 is 21.9 Å². The maximum Gasteiger partial charge on any atom is 0.371 e. The molecular formula is C13H14N2O6S. The number of hydrogen-bond acceptors (Lipinski definition) is 5. The molecule has 2 heterocycles. The highest BCUT2D eigenvalue weighted by Crippen LogP contribution is 2.27. The zero-order valence-electron chi connectivity index (χ0n) is 11.5. The molecule has 9 heteroatoms. The minimum absolute atomic E-state index is 0.00708. The molecule has 0 saturated carbocycles. The topological polar surface area (TPSA) is 117 Å². The maximum absolute atomic E-state index is 12.5. The SMILES string of the molecule is C#CCNC(=O)C1CCCN1S(=O)(=O)c1ccc(C(=O)O)o1. The Balaban J connectivity index is 2.25. The number of terminal acetylenes is 1. The van der Waals surface area contributed by atoms with E-state index in [2.05, 4.69) is 11.2 Å². The van der Waals surface area contributed by atoms with Gasteiger partial charge in [-0.1, -0.05) is 5.92 Å². The second-order valence-corrected chi connectivity index (χ2v) is 6.44. The second-order valence-electron chi connectivity index (χ2n) is 4.62. The molecule has 1 amide bonds. The van der Waals surface area contributed by atoms with Crippen molar-refractivity contribution in [1.82, 2.24) is 9.62 Å². The third kappa shape index (κ3) is 2.98. The van der Waals surface area contributed by atoms with E-state index in [1.165, 1.54) is 0 Å². The van der Waals surface area contributed by atoms with Crippen molar-refractivity contribution in [2.24, 2.45) is 0 Å². The first-order valence-electron chi connectivity index (χ1n) is 6.44. The number of carbonyl (C=O) groups is 2. The van der Waals surface area contributed by atoms with E-state index in [1.54, 1.807) is 0 Å². The molecule has 0 bridgehead atoms. The van der Waals surface area contributed by atoms with Crippen LogP contribution in [0.25, 0.3) is 0 Å². The summed E-state index contributed by atoms with van der Waals surface area (Å²) in [7, 11) is -4.08. The Labute approximate surface area is 127 Å². The molecule has 22 heavy (non-hydrogen) atoms. The Hall–Kier alpha value is -2.31. The molecule has 1 atom stereocenters. The van der Waals surface area contributed by atoms with Crippen LogP contribution in [0.4, 0.5) is 0 Å². The molecule has 0 aliphatic carbocycles. The van der Waals surface area contributed by atoms with Gasteiger partial charge in [0.25, 0.3) is 10.0 Å². The first kappa shape index (κ1) is 16.1. The number of carboxylic acids is 1. The molecule has 1 fully saturated rings. The van der Waals surface area contributed by atoms with Crippen LogP contribution in [0.5, 0.6) is 0 Å². The molecule has 0 aromatic carbocycles. The third-order valence-electron chi connectivity index (χ3n) is 3.23. The molecule has 0 spiro atoms. The minimum Gasteiger partial charge on any atom is -0.475 e. The summed E-state index contributed by atoms with van der Waals surface area (Å²) in [4.78, 5) is 22.7. The Morgan fingerprint density at radius 3 is 2.82 bits per heavy atom. The molecule has 1 saturated heterocycles. The van der Waals surface area contributed by atoms with Gasteiger partial charge < -0.3 is 14.8 Å². The summed E-state index contributed by atoms with van der Waals surface area (Å²) in [6, 6.07) is 1.24. The molecule has 1 aliphatic rings. The van der Waals surface area contributed by atoms with Crippen molar-refractivity contribution in [3.8, 4) is 12.3 Å². The van der Waals surface area contributed by atoms with Crippen molar-refractivity contribution in [3.63, 3.8) is 0 Å². The number of aromatic carboxylic acids is 1. The van der Waals surface area contributed by atoms with Gasteiger partial charge in [-0.05, 0) is 25.0 Å².